The van der Waals surface area contributed by atoms with E-state index in [4.69, 9.17) is 17.3 Å². The highest BCUT2D eigenvalue weighted by molar-refractivity contribution is 7.21. The molecule has 7 nitrogen and oxygen atoms in total. The van der Waals surface area contributed by atoms with E-state index in [9.17, 15) is 18.4 Å². The molecule has 0 fully saturated rings. The molecule has 3 heterocycles. The summed E-state index contributed by atoms with van der Waals surface area (Å²) in [5.41, 5.74) is 6.31. The van der Waals surface area contributed by atoms with Crippen LogP contribution in [0.4, 0.5) is 14.5 Å². The average molecular weight is 476 g/mol. The Balaban J connectivity index is 1.78. The Labute approximate surface area is 189 Å². The van der Waals surface area contributed by atoms with Crippen molar-refractivity contribution in [3.05, 3.63) is 64.4 Å². The van der Waals surface area contributed by atoms with Gasteiger partial charge in [0.25, 0.3) is 12.3 Å². The van der Waals surface area contributed by atoms with Gasteiger partial charge in [-0.2, -0.15) is 5.10 Å². The minimum Gasteiger partial charge on any atom is -0.365 e. The third-order valence-electron chi connectivity index (χ3n) is 4.65. The van der Waals surface area contributed by atoms with Gasteiger partial charge in [0.1, 0.15) is 15.4 Å². The maximum Gasteiger partial charge on any atom is 0.280 e. The van der Waals surface area contributed by atoms with Gasteiger partial charge >= 0.3 is 0 Å². The summed E-state index contributed by atoms with van der Waals surface area (Å²) in [5, 5.41) is 7.56. The highest BCUT2D eigenvalue weighted by atomic mass is 35.5. The largest absolute Gasteiger partial charge is 0.365 e. The number of nitrogens with two attached hydrogens (primary N) is 1. The molecule has 0 unspecified atom stereocenters. The number of pyridine rings is 1. The molecule has 0 spiro atoms. The highest BCUT2D eigenvalue weighted by Gasteiger charge is 2.24. The number of hydrogen-bond acceptors (Lipinski definition) is 5. The van der Waals surface area contributed by atoms with Crippen molar-refractivity contribution in [1.82, 2.24) is 14.8 Å². The fourth-order valence-electron chi connectivity index (χ4n) is 3.25. The van der Waals surface area contributed by atoms with Crippen LogP contribution in [-0.4, -0.2) is 26.6 Å². The second-order valence-corrected chi connectivity index (χ2v) is 8.27. The summed E-state index contributed by atoms with van der Waals surface area (Å²) in [7, 11) is 0. The number of carbonyl (C=O) groups is 2. The predicted octanol–water partition coefficient (Wildman–Crippen LogP) is 4.88. The molecule has 11 heteroatoms. The van der Waals surface area contributed by atoms with Crippen LogP contribution in [0.2, 0.25) is 5.02 Å². The van der Waals surface area contributed by atoms with Crippen molar-refractivity contribution in [2.45, 2.75) is 19.4 Å². The van der Waals surface area contributed by atoms with Crippen LogP contribution < -0.4 is 11.1 Å². The number of aryl methyl sites for hydroxylation is 1. The molecule has 0 atom stereocenters. The third-order valence-corrected chi connectivity index (χ3v) is 5.94. The molecule has 32 heavy (non-hydrogen) atoms. The standard InChI is InChI=1S/C21H16ClF2N5O2S/c22-12-9-26-29(10-12)7-6-15(30)28-17-16-13(11-4-2-1-3-5-11)8-14(19(23)24)27-21(16)32-18(17)20(25)31/h1-5,8-10,19H,6-7H2,(H2,25,31)(H,28,30). The summed E-state index contributed by atoms with van der Waals surface area (Å²) in [4.78, 5) is 29.0. The van der Waals surface area contributed by atoms with Gasteiger partial charge in [0.15, 0.2) is 0 Å². The normalized spacial score (nSPS) is 11.2. The van der Waals surface area contributed by atoms with Gasteiger partial charge in [0.05, 0.1) is 16.9 Å². The van der Waals surface area contributed by atoms with Crippen molar-refractivity contribution in [2.75, 3.05) is 5.32 Å². The second-order valence-electron chi connectivity index (χ2n) is 6.83. The summed E-state index contributed by atoms with van der Waals surface area (Å²) < 4.78 is 28.5. The van der Waals surface area contributed by atoms with Crippen molar-refractivity contribution in [3.63, 3.8) is 0 Å². The maximum atomic E-state index is 13.5. The SMILES string of the molecule is NC(=O)c1sc2nc(C(F)F)cc(-c3ccccc3)c2c1NC(=O)CCn1cc(Cl)cn1. The van der Waals surface area contributed by atoms with E-state index in [1.54, 1.807) is 36.5 Å². The minimum absolute atomic E-state index is 0.0339. The number of halogens is 3. The van der Waals surface area contributed by atoms with E-state index in [0.29, 0.717) is 21.5 Å². The van der Waals surface area contributed by atoms with Crippen LogP contribution >= 0.6 is 22.9 Å². The van der Waals surface area contributed by atoms with E-state index in [1.165, 1.54) is 16.9 Å². The molecule has 0 aliphatic heterocycles. The Morgan fingerprint density at radius 3 is 2.62 bits per heavy atom. The van der Waals surface area contributed by atoms with E-state index in [1.807, 2.05) is 0 Å². The average Bonchev–Trinajstić information content (AvgIpc) is 3.35. The number of primary amides is 1. The number of anilines is 1. The van der Waals surface area contributed by atoms with Gasteiger partial charge in [-0.15, -0.1) is 11.3 Å². The van der Waals surface area contributed by atoms with Crippen LogP contribution in [0.1, 0.15) is 28.2 Å². The monoisotopic (exact) mass is 475 g/mol. The molecule has 0 aliphatic carbocycles. The van der Waals surface area contributed by atoms with Crippen molar-refractivity contribution in [3.8, 4) is 11.1 Å². The quantitative estimate of drug-likeness (QED) is 0.397. The van der Waals surface area contributed by atoms with E-state index in [2.05, 4.69) is 15.4 Å². The number of alkyl halides is 2. The Hall–Kier alpha value is -3.37. The van der Waals surface area contributed by atoms with E-state index in [0.717, 1.165) is 11.3 Å². The molecule has 4 aromatic rings. The van der Waals surface area contributed by atoms with Crippen LogP contribution in [0.15, 0.2) is 48.8 Å². The number of benzene rings is 1. The van der Waals surface area contributed by atoms with Gasteiger partial charge in [-0.05, 0) is 17.2 Å². The van der Waals surface area contributed by atoms with Crippen LogP contribution in [0, 0.1) is 0 Å². The molecule has 1 aromatic carbocycles. The first-order chi connectivity index (χ1) is 15.3. The number of aromatic nitrogens is 3. The lowest BCUT2D eigenvalue weighted by Gasteiger charge is -2.11. The Bertz CT molecular complexity index is 1310. The number of carbonyl (C=O) groups excluding carboxylic acids is 2. The zero-order valence-electron chi connectivity index (χ0n) is 16.4. The van der Waals surface area contributed by atoms with Crippen molar-refractivity contribution < 1.29 is 18.4 Å². The van der Waals surface area contributed by atoms with Gasteiger partial charge in [0, 0.05) is 24.5 Å². The number of amides is 2. The van der Waals surface area contributed by atoms with Gasteiger partial charge in [-0.25, -0.2) is 13.8 Å². The van der Waals surface area contributed by atoms with Crippen LogP contribution in [-0.2, 0) is 11.3 Å². The van der Waals surface area contributed by atoms with Crippen molar-refractivity contribution >= 4 is 50.7 Å². The fourth-order valence-corrected chi connectivity index (χ4v) is 4.42. The molecule has 3 N–H and O–H groups in total. The zero-order chi connectivity index (χ0) is 22.8. The second kappa shape index (κ2) is 9.01. The molecule has 0 aliphatic rings. The number of nitrogens with zero attached hydrogens (tertiary/aromatic N) is 3. The lowest BCUT2D eigenvalue weighted by Crippen LogP contribution is -2.18. The zero-order valence-corrected chi connectivity index (χ0v) is 18.0. The number of rotatable bonds is 7. The number of hydrogen-bond donors (Lipinski definition) is 2. The first-order valence-electron chi connectivity index (χ1n) is 9.42. The topological polar surface area (TPSA) is 103 Å². The highest BCUT2D eigenvalue weighted by Crippen LogP contribution is 2.42. The molecule has 2 amide bonds. The van der Waals surface area contributed by atoms with Crippen LogP contribution in [0.25, 0.3) is 21.3 Å². The number of thiophene rings is 1. The summed E-state index contributed by atoms with van der Waals surface area (Å²) in [5.74, 6) is -1.20. The minimum atomic E-state index is -2.81. The lowest BCUT2D eigenvalue weighted by atomic mass is 10.0. The smallest absolute Gasteiger partial charge is 0.280 e. The van der Waals surface area contributed by atoms with Gasteiger partial charge < -0.3 is 11.1 Å². The summed E-state index contributed by atoms with van der Waals surface area (Å²) in [6.07, 6.45) is 0.263. The van der Waals surface area contributed by atoms with E-state index < -0.39 is 23.9 Å². The van der Waals surface area contributed by atoms with Gasteiger partial charge in [-0.3, -0.25) is 14.3 Å². The molecule has 164 valence electrons. The Morgan fingerprint density at radius 1 is 1.25 bits per heavy atom. The van der Waals surface area contributed by atoms with Crippen LogP contribution in [0.5, 0.6) is 0 Å². The Morgan fingerprint density at radius 2 is 2.00 bits per heavy atom. The van der Waals surface area contributed by atoms with E-state index >= 15 is 0 Å². The molecule has 3 aromatic heterocycles. The fraction of sp³-hybridized carbons (Fsp3) is 0.143. The first-order valence-corrected chi connectivity index (χ1v) is 10.6. The third kappa shape index (κ3) is 4.46. The van der Waals surface area contributed by atoms with Crippen LogP contribution in [0.3, 0.4) is 0 Å². The molecule has 0 radical (unpaired) electrons. The lowest BCUT2D eigenvalue weighted by molar-refractivity contribution is -0.116. The molecule has 0 bridgehead atoms. The summed E-state index contributed by atoms with van der Waals surface area (Å²) in [6, 6.07) is 10.1. The summed E-state index contributed by atoms with van der Waals surface area (Å²) >= 11 is 6.69. The molecule has 0 saturated heterocycles. The van der Waals surface area contributed by atoms with Crippen molar-refractivity contribution in [2.24, 2.45) is 5.73 Å². The molecular formula is C21H16ClF2N5O2S. The first kappa shape index (κ1) is 21.8. The van der Waals surface area contributed by atoms with Crippen molar-refractivity contribution in [1.29, 1.82) is 0 Å². The molecule has 0 saturated carbocycles. The predicted molar refractivity (Wildman–Crippen MR) is 119 cm³/mol. The van der Waals surface area contributed by atoms with Gasteiger partial charge in [-0.1, -0.05) is 41.9 Å². The summed E-state index contributed by atoms with van der Waals surface area (Å²) in [6.45, 7) is 0.256. The van der Waals surface area contributed by atoms with E-state index in [-0.39, 0.29) is 28.4 Å². The Kier molecular flexibility index (Phi) is 6.15. The molecule has 4 rings (SSSR count). The number of fused-ring (bicyclic) bond motifs is 1. The number of nitrogens with one attached hydrogen (secondary N) is 1. The molecular weight excluding hydrogens is 460 g/mol. The maximum absolute atomic E-state index is 13.5. The van der Waals surface area contributed by atoms with Gasteiger partial charge in [0.2, 0.25) is 5.91 Å².